The van der Waals surface area contributed by atoms with E-state index in [1.165, 1.54) is 0 Å². The molecule has 0 saturated heterocycles. The maximum absolute atomic E-state index is 11.3. The Kier molecular flexibility index (Phi) is 4.93. The highest BCUT2D eigenvalue weighted by atomic mass is 32.1. The molecule has 0 aromatic rings. The van der Waals surface area contributed by atoms with Crippen molar-refractivity contribution in [1.29, 1.82) is 0 Å². The Hall–Kier alpha value is -0.220. The number of carboxylic acid groups (broad SMARTS) is 1. The van der Waals surface area contributed by atoms with E-state index in [1.54, 1.807) is 0 Å². The molecule has 4 heteroatoms. The standard InChI is InChI=1S/C11H21NO2S/c12-8-3-1-2-6-11(10(13)14)7-4-5-9(11)15/h9,15H,1-8,12H2,(H,13,14). The zero-order valence-corrected chi connectivity index (χ0v) is 10.0. The minimum absolute atomic E-state index is 0.0351. The van der Waals surface area contributed by atoms with Gasteiger partial charge in [-0.3, -0.25) is 4.79 Å². The average molecular weight is 231 g/mol. The van der Waals surface area contributed by atoms with E-state index < -0.39 is 11.4 Å². The first-order valence-electron chi connectivity index (χ1n) is 5.75. The quantitative estimate of drug-likeness (QED) is 0.484. The summed E-state index contributed by atoms with van der Waals surface area (Å²) in [6.07, 6.45) is 6.47. The van der Waals surface area contributed by atoms with E-state index >= 15 is 0 Å². The van der Waals surface area contributed by atoms with Gasteiger partial charge in [0.1, 0.15) is 0 Å². The van der Waals surface area contributed by atoms with Gasteiger partial charge < -0.3 is 10.8 Å². The van der Waals surface area contributed by atoms with Crippen molar-refractivity contribution in [2.45, 2.75) is 50.2 Å². The SMILES string of the molecule is NCCCCCC1(C(=O)O)CCCC1S. The Balaban J connectivity index is 2.47. The van der Waals surface area contributed by atoms with Gasteiger partial charge in [0, 0.05) is 5.25 Å². The molecular weight excluding hydrogens is 210 g/mol. The van der Waals surface area contributed by atoms with Crippen molar-refractivity contribution in [3.63, 3.8) is 0 Å². The number of rotatable bonds is 6. The van der Waals surface area contributed by atoms with Gasteiger partial charge in [-0.05, 0) is 32.2 Å². The third-order valence-electron chi connectivity index (χ3n) is 3.49. The summed E-state index contributed by atoms with van der Waals surface area (Å²) in [6.45, 7) is 0.699. The van der Waals surface area contributed by atoms with E-state index in [4.69, 9.17) is 5.73 Å². The summed E-state index contributed by atoms with van der Waals surface area (Å²) in [5.74, 6) is -0.659. The van der Waals surface area contributed by atoms with Crippen molar-refractivity contribution in [3.8, 4) is 0 Å². The van der Waals surface area contributed by atoms with E-state index in [0.29, 0.717) is 6.54 Å². The van der Waals surface area contributed by atoms with Gasteiger partial charge in [-0.1, -0.05) is 19.3 Å². The van der Waals surface area contributed by atoms with Crippen LogP contribution in [-0.4, -0.2) is 22.9 Å². The molecule has 1 aliphatic rings. The van der Waals surface area contributed by atoms with Gasteiger partial charge in [0.05, 0.1) is 5.41 Å². The van der Waals surface area contributed by atoms with Crippen LogP contribution in [0.15, 0.2) is 0 Å². The summed E-state index contributed by atoms with van der Waals surface area (Å²) in [7, 11) is 0. The lowest BCUT2D eigenvalue weighted by Crippen LogP contribution is -2.35. The van der Waals surface area contributed by atoms with Crippen LogP contribution in [0.4, 0.5) is 0 Å². The Bertz CT molecular complexity index is 223. The van der Waals surface area contributed by atoms with Gasteiger partial charge in [-0.2, -0.15) is 12.6 Å². The van der Waals surface area contributed by atoms with Crippen molar-refractivity contribution in [3.05, 3.63) is 0 Å². The van der Waals surface area contributed by atoms with E-state index in [0.717, 1.165) is 44.9 Å². The highest BCUT2D eigenvalue weighted by Crippen LogP contribution is 2.45. The van der Waals surface area contributed by atoms with Crippen LogP contribution in [0.5, 0.6) is 0 Å². The lowest BCUT2D eigenvalue weighted by atomic mass is 9.80. The van der Waals surface area contributed by atoms with Gasteiger partial charge in [0.15, 0.2) is 0 Å². The minimum Gasteiger partial charge on any atom is -0.481 e. The fourth-order valence-electron chi connectivity index (χ4n) is 2.46. The predicted octanol–water partition coefficient (Wildman–Crippen LogP) is 2.06. The molecule has 2 unspecified atom stereocenters. The summed E-state index contributed by atoms with van der Waals surface area (Å²) in [6, 6.07) is 0. The first kappa shape index (κ1) is 12.8. The van der Waals surface area contributed by atoms with Crippen LogP contribution in [0.25, 0.3) is 0 Å². The van der Waals surface area contributed by atoms with Crippen molar-refractivity contribution in [1.82, 2.24) is 0 Å². The number of aliphatic carboxylic acids is 1. The topological polar surface area (TPSA) is 63.3 Å². The lowest BCUT2D eigenvalue weighted by Gasteiger charge is -2.28. The van der Waals surface area contributed by atoms with Gasteiger partial charge in [0.25, 0.3) is 0 Å². The molecular formula is C11H21NO2S. The Labute approximate surface area is 96.8 Å². The summed E-state index contributed by atoms with van der Waals surface area (Å²) in [5.41, 5.74) is 4.85. The normalized spacial score (nSPS) is 30.7. The molecule has 0 spiro atoms. The predicted molar refractivity (Wildman–Crippen MR) is 64.2 cm³/mol. The smallest absolute Gasteiger partial charge is 0.310 e. The van der Waals surface area contributed by atoms with Crippen molar-refractivity contribution >= 4 is 18.6 Å². The Morgan fingerprint density at radius 2 is 2.20 bits per heavy atom. The highest BCUT2D eigenvalue weighted by Gasteiger charge is 2.46. The maximum atomic E-state index is 11.3. The first-order chi connectivity index (χ1) is 7.13. The number of carboxylic acids is 1. The number of carbonyl (C=O) groups is 1. The molecule has 1 rings (SSSR count). The first-order valence-corrected chi connectivity index (χ1v) is 6.26. The summed E-state index contributed by atoms with van der Waals surface area (Å²) in [5, 5.41) is 9.35. The largest absolute Gasteiger partial charge is 0.481 e. The molecule has 0 heterocycles. The lowest BCUT2D eigenvalue weighted by molar-refractivity contribution is -0.148. The van der Waals surface area contributed by atoms with E-state index in [9.17, 15) is 9.90 Å². The summed E-state index contributed by atoms with van der Waals surface area (Å²) < 4.78 is 0. The summed E-state index contributed by atoms with van der Waals surface area (Å²) in [4.78, 5) is 11.3. The average Bonchev–Trinajstić information content (AvgIpc) is 2.56. The third kappa shape index (κ3) is 2.88. The molecule has 0 aliphatic heterocycles. The Morgan fingerprint density at radius 3 is 2.67 bits per heavy atom. The van der Waals surface area contributed by atoms with Crippen LogP contribution in [0, 0.1) is 5.41 Å². The number of unbranched alkanes of at least 4 members (excludes halogenated alkanes) is 2. The minimum atomic E-state index is -0.659. The van der Waals surface area contributed by atoms with Gasteiger partial charge in [-0.15, -0.1) is 0 Å². The number of hydrogen-bond donors (Lipinski definition) is 3. The van der Waals surface area contributed by atoms with Crippen LogP contribution >= 0.6 is 12.6 Å². The molecule has 0 aromatic heterocycles. The second-order valence-electron chi connectivity index (χ2n) is 4.47. The Morgan fingerprint density at radius 1 is 1.47 bits per heavy atom. The molecule has 2 atom stereocenters. The maximum Gasteiger partial charge on any atom is 0.310 e. The van der Waals surface area contributed by atoms with Gasteiger partial charge in [0.2, 0.25) is 0 Å². The zero-order chi connectivity index (χ0) is 11.3. The number of nitrogens with two attached hydrogens (primary N) is 1. The molecule has 0 amide bonds. The molecule has 88 valence electrons. The molecule has 0 radical (unpaired) electrons. The van der Waals surface area contributed by atoms with Crippen LogP contribution in [-0.2, 0) is 4.79 Å². The fraction of sp³-hybridized carbons (Fsp3) is 0.909. The number of hydrogen-bond acceptors (Lipinski definition) is 3. The van der Waals surface area contributed by atoms with Gasteiger partial charge in [-0.25, -0.2) is 0 Å². The van der Waals surface area contributed by atoms with E-state index in [-0.39, 0.29) is 5.25 Å². The zero-order valence-electron chi connectivity index (χ0n) is 9.11. The fourth-order valence-corrected chi connectivity index (χ4v) is 3.01. The second-order valence-corrected chi connectivity index (χ2v) is 5.09. The van der Waals surface area contributed by atoms with E-state index in [2.05, 4.69) is 12.6 Å². The summed E-state index contributed by atoms with van der Waals surface area (Å²) >= 11 is 4.43. The molecule has 3 nitrogen and oxygen atoms in total. The van der Waals surface area contributed by atoms with E-state index in [1.807, 2.05) is 0 Å². The second kappa shape index (κ2) is 5.75. The molecule has 3 N–H and O–H groups in total. The third-order valence-corrected chi connectivity index (χ3v) is 4.24. The van der Waals surface area contributed by atoms with Crippen LogP contribution in [0.3, 0.4) is 0 Å². The molecule has 0 aromatic carbocycles. The monoisotopic (exact) mass is 231 g/mol. The van der Waals surface area contributed by atoms with Crippen LogP contribution in [0.2, 0.25) is 0 Å². The van der Waals surface area contributed by atoms with Crippen molar-refractivity contribution < 1.29 is 9.90 Å². The van der Waals surface area contributed by atoms with Crippen molar-refractivity contribution in [2.24, 2.45) is 11.1 Å². The molecule has 0 bridgehead atoms. The van der Waals surface area contributed by atoms with Crippen molar-refractivity contribution in [2.75, 3.05) is 6.54 Å². The molecule has 1 aliphatic carbocycles. The number of thiol groups is 1. The van der Waals surface area contributed by atoms with Crippen LogP contribution in [0.1, 0.15) is 44.9 Å². The molecule has 1 fully saturated rings. The molecule has 15 heavy (non-hydrogen) atoms. The highest BCUT2D eigenvalue weighted by molar-refractivity contribution is 7.81. The van der Waals surface area contributed by atoms with Gasteiger partial charge >= 0.3 is 5.97 Å². The molecule has 1 saturated carbocycles. The van der Waals surface area contributed by atoms with Crippen LogP contribution < -0.4 is 5.73 Å².